The Hall–Kier alpha value is -2.08. The van der Waals surface area contributed by atoms with Crippen LogP contribution in [-0.4, -0.2) is 53.3 Å². The number of nitrogens with zero attached hydrogens (tertiary/aromatic N) is 2. The maximum absolute atomic E-state index is 12.3. The minimum atomic E-state index is -0.359. The summed E-state index contributed by atoms with van der Waals surface area (Å²) in [7, 11) is 0. The summed E-state index contributed by atoms with van der Waals surface area (Å²) in [6.07, 6.45) is 0.926. The van der Waals surface area contributed by atoms with Gasteiger partial charge in [-0.2, -0.15) is 0 Å². The van der Waals surface area contributed by atoms with Gasteiger partial charge >= 0.3 is 6.03 Å². The highest BCUT2D eigenvalue weighted by Gasteiger charge is 2.39. The SMILES string of the molecule is O=C(Cc1ccc(Cl)cc1)N1CC[C@H](N2C(=O)CNC2=O)C1. The van der Waals surface area contributed by atoms with Gasteiger partial charge in [0.1, 0.15) is 0 Å². The van der Waals surface area contributed by atoms with Crippen molar-refractivity contribution < 1.29 is 14.4 Å². The van der Waals surface area contributed by atoms with Crippen LogP contribution in [0, 0.1) is 0 Å². The fourth-order valence-electron chi connectivity index (χ4n) is 2.87. The van der Waals surface area contributed by atoms with Crippen LogP contribution < -0.4 is 5.32 Å². The number of likely N-dealkylation sites (tertiary alicyclic amines) is 1. The van der Waals surface area contributed by atoms with Gasteiger partial charge in [0.2, 0.25) is 11.8 Å². The van der Waals surface area contributed by atoms with Crippen molar-refractivity contribution in [2.24, 2.45) is 0 Å². The van der Waals surface area contributed by atoms with E-state index in [0.29, 0.717) is 31.0 Å². The number of benzene rings is 1. The van der Waals surface area contributed by atoms with Crippen LogP contribution in [0.5, 0.6) is 0 Å². The molecular weight excluding hydrogens is 306 g/mol. The maximum atomic E-state index is 12.3. The number of rotatable bonds is 3. The van der Waals surface area contributed by atoms with Crippen molar-refractivity contribution in [2.75, 3.05) is 19.6 Å². The van der Waals surface area contributed by atoms with Crippen molar-refractivity contribution in [1.29, 1.82) is 0 Å². The Labute approximate surface area is 133 Å². The Kier molecular flexibility index (Phi) is 4.02. The number of urea groups is 1. The summed E-state index contributed by atoms with van der Waals surface area (Å²) in [5.41, 5.74) is 0.896. The largest absolute Gasteiger partial charge is 0.340 e. The summed E-state index contributed by atoms with van der Waals surface area (Å²) in [4.78, 5) is 38.6. The van der Waals surface area contributed by atoms with E-state index in [2.05, 4.69) is 5.32 Å². The quantitative estimate of drug-likeness (QED) is 0.846. The number of hydrogen-bond donors (Lipinski definition) is 1. The molecule has 3 rings (SSSR count). The summed E-state index contributed by atoms with van der Waals surface area (Å²) >= 11 is 5.82. The molecule has 116 valence electrons. The van der Waals surface area contributed by atoms with Crippen molar-refractivity contribution in [3.63, 3.8) is 0 Å². The van der Waals surface area contributed by atoms with Crippen LogP contribution in [0.4, 0.5) is 4.79 Å². The molecule has 6 nitrogen and oxygen atoms in total. The molecule has 0 saturated carbocycles. The van der Waals surface area contributed by atoms with Crippen molar-refractivity contribution in [3.8, 4) is 0 Å². The summed E-state index contributed by atoms with van der Waals surface area (Å²) in [5, 5.41) is 3.14. The second-order valence-electron chi connectivity index (χ2n) is 5.51. The lowest BCUT2D eigenvalue weighted by atomic mass is 10.1. The summed E-state index contributed by atoms with van der Waals surface area (Å²) in [6.45, 7) is 1.02. The molecule has 0 unspecified atom stereocenters. The molecule has 0 aromatic heterocycles. The van der Waals surface area contributed by atoms with Gasteiger partial charge in [-0.3, -0.25) is 14.5 Å². The third kappa shape index (κ3) is 2.92. The summed E-state index contributed by atoms with van der Waals surface area (Å²) in [6, 6.07) is 6.58. The molecule has 22 heavy (non-hydrogen) atoms. The molecule has 0 aliphatic carbocycles. The number of halogens is 1. The highest BCUT2D eigenvalue weighted by Crippen LogP contribution is 2.19. The van der Waals surface area contributed by atoms with E-state index < -0.39 is 0 Å². The van der Waals surface area contributed by atoms with Crippen LogP contribution in [0.3, 0.4) is 0 Å². The lowest BCUT2D eigenvalue weighted by Crippen LogP contribution is -2.43. The first-order valence-corrected chi connectivity index (χ1v) is 7.54. The first-order chi connectivity index (χ1) is 10.5. The van der Waals surface area contributed by atoms with E-state index in [4.69, 9.17) is 11.6 Å². The van der Waals surface area contributed by atoms with E-state index in [1.54, 1.807) is 17.0 Å². The van der Waals surface area contributed by atoms with Crippen molar-refractivity contribution in [2.45, 2.75) is 18.9 Å². The number of imide groups is 1. The zero-order valence-electron chi connectivity index (χ0n) is 11.9. The van der Waals surface area contributed by atoms with E-state index >= 15 is 0 Å². The first kappa shape index (κ1) is 14.8. The van der Waals surface area contributed by atoms with Crippen molar-refractivity contribution in [3.05, 3.63) is 34.9 Å². The standard InChI is InChI=1S/C15H16ClN3O3/c16-11-3-1-10(2-4-11)7-13(20)18-6-5-12(9-18)19-14(21)8-17-15(19)22/h1-4,12H,5-9H2,(H,17,22)/t12-/m0/s1. The minimum Gasteiger partial charge on any atom is -0.340 e. The van der Waals surface area contributed by atoms with E-state index in [1.807, 2.05) is 12.1 Å². The molecule has 0 spiro atoms. The molecule has 2 heterocycles. The molecule has 4 amide bonds. The highest BCUT2D eigenvalue weighted by molar-refractivity contribution is 6.30. The fraction of sp³-hybridized carbons (Fsp3) is 0.400. The molecule has 1 aromatic rings. The Morgan fingerprint density at radius 2 is 2.00 bits per heavy atom. The molecular formula is C15H16ClN3O3. The van der Waals surface area contributed by atoms with Crippen LogP contribution in [0.2, 0.25) is 5.02 Å². The average Bonchev–Trinajstić information content (AvgIpc) is 3.08. The third-order valence-corrected chi connectivity index (χ3v) is 4.28. The lowest BCUT2D eigenvalue weighted by Gasteiger charge is -2.21. The number of carbonyl (C=O) groups is 3. The number of nitrogens with one attached hydrogen (secondary N) is 1. The molecule has 0 radical (unpaired) electrons. The Bertz CT molecular complexity index is 601. The van der Waals surface area contributed by atoms with Crippen LogP contribution >= 0.6 is 11.6 Å². The predicted molar refractivity (Wildman–Crippen MR) is 80.4 cm³/mol. The smallest absolute Gasteiger partial charge is 0.324 e. The second-order valence-corrected chi connectivity index (χ2v) is 5.94. The van der Waals surface area contributed by atoms with E-state index in [-0.39, 0.29) is 30.4 Å². The third-order valence-electron chi connectivity index (χ3n) is 4.03. The van der Waals surface area contributed by atoms with Crippen LogP contribution in [0.15, 0.2) is 24.3 Å². The van der Waals surface area contributed by atoms with E-state index in [9.17, 15) is 14.4 Å². The number of hydrogen-bond acceptors (Lipinski definition) is 3. The molecule has 7 heteroatoms. The van der Waals surface area contributed by atoms with Gasteiger partial charge < -0.3 is 10.2 Å². The maximum Gasteiger partial charge on any atom is 0.324 e. The summed E-state index contributed by atoms with van der Waals surface area (Å²) < 4.78 is 0. The van der Waals surface area contributed by atoms with Gasteiger partial charge in [0.15, 0.2) is 0 Å². The highest BCUT2D eigenvalue weighted by atomic mass is 35.5. The topological polar surface area (TPSA) is 69.7 Å². The van der Waals surface area contributed by atoms with Crippen LogP contribution in [-0.2, 0) is 16.0 Å². The zero-order valence-corrected chi connectivity index (χ0v) is 12.7. The van der Waals surface area contributed by atoms with Gasteiger partial charge in [-0.05, 0) is 24.1 Å². The Balaban J connectivity index is 1.60. The van der Waals surface area contributed by atoms with Gasteiger partial charge in [0.05, 0.1) is 19.0 Å². The molecule has 1 atom stereocenters. The average molecular weight is 322 g/mol. The van der Waals surface area contributed by atoms with Gasteiger partial charge in [0, 0.05) is 18.1 Å². The Morgan fingerprint density at radius 3 is 2.64 bits per heavy atom. The first-order valence-electron chi connectivity index (χ1n) is 7.16. The predicted octanol–water partition coefficient (Wildman–Crippen LogP) is 1.04. The molecule has 2 fully saturated rings. The van der Waals surface area contributed by atoms with Gasteiger partial charge in [-0.1, -0.05) is 23.7 Å². The summed E-state index contributed by atoms with van der Waals surface area (Å²) in [5.74, 6) is -0.223. The molecule has 1 N–H and O–H groups in total. The molecule has 1 aromatic carbocycles. The normalized spacial score (nSPS) is 21.4. The van der Waals surface area contributed by atoms with Crippen LogP contribution in [0.25, 0.3) is 0 Å². The molecule has 0 bridgehead atoms. The lowest BCUT2D eigenvalue weighted by molar-refractivity contribution is -0.131. The Morgan fingerprint density at radius 1 is 1.27 bits per heavy atom. The van der Waals surface area contributed by atoms with Crippen molar-refractivity contribution in [1.82, 2.24) is 15.1 Å². The van der Waals surface area contributed by atoms with E-state index in [1.165, 1.54) is 4.90 Å². The molecule has 2 aliphatic heterocycles. The van der Waals surface area contributed by atoms with Gasteiger partial charge in [0.25, 0.3) is 0 Å². The van der Waals surface area contributed by atoms with Gasteiger partial charge in [-0.25, -0.2) is 4.79 Å². The fourth-order valence-corrected chi connectivity index (χ4v) is 3.00. The van der Waals surface area contributed by atoms with Gasteiger partial charge in [-0.15, -0.1) is 0 Å². The second kappa shape index (κ2) is 5.96. The minimum absolute atomic E-state index is 0.00289. The zero-order chi connectivity index (χ0) is 15.7. The van der Waals surface area contributed by atoms with E-state index in [0.717, 1.165) is 5.56 Å². The number of carbonyl (C=O) groups excluding carboxylic acids is 3. The number of amides is 4. The monoisotopic (exact) mass is 321 g/mol. The van der Waals surface area contributed by atoms with Crippen LogP contribution in [0.1, 0.15) is 12.0 Å². The molecule has 2 aliphatic rings. The van der Waals surface area contributed by atoms with Crippen molar-refractivity contribution >= 4 is 29.4 Å². The molecule has 2 saturated heterocycles.